The Labute approximate surface area is 74.1 Å². The van der Waals surface area contributed by atoms with Gasteiger partial charge in [0.1, 0.15) is 12.2 Å². The van der Waals surface area contributed by atoms with Crippen molar-refractivity contribution in [2.75, 3.05) is 6.61 Å². The van der Waals surface area contributed by atoms with Crippen LogP contribution in [-0.2, 0) is 9.53 Å². The van der Waals surface area contributed by atoms with E-state index in [9.17, 15) is 4.79 Å². The Morgan fingerprint density at radius 3 is 2.23 bits per heavy atom. The molecule has 1 fully saturated rings. The van der Waals surface area contributed by atoms with E-state index in [0.29, 0.717) is 0 Å². The molecule has 7 nitrogen and oxygen atoms in total. The van der Waals surface area contributed by atoms with Gasteiger partial charge >= 0.3 is 5.97 Å². The minimum absolute atomic E-state index is 0. The number of aliphatic hydroxyl groups excluding tert-OH is 4. The summed E-state index contributed by atoms with van der Waals surface area (Å²) in [5.41, 5.74) is 0. The number of cyclic esters (lactones) is 1. The Balaban J connectivity index is 0.00000144. The standard InChI is InChI=1S/C6H10O6.H3N/c7-1-2-3(8)4(9)5(10)6(11)12-2;/h2-5,7-10H,1H2;1H3/t2-,3-,4+,5-;/m1./s1. The summed E-state index contributed by atoms with van der Waals surface area (Å²) >= 11 is 0. The summed E-state index contributed by atoms with van der Waals surface area (Å²) in [5.74, 6) is -1.04. The van der Waals surface area contributed by atoms with E-state index in [1.54, 1.807) is 0 Å². The third kappa shape index (κ3) is 2.14. The van der Waals surface area contributed by atoms with Crippen LogP contribution in [0.3, 0.4) is 0 Å². The Hall–Kier alpha value is -0.730. The predicted octanol–water partition coefficient (Wildman–Crippen LogP) is -2.85. The maximum absolute atomic E-state index is 10.7. The van der Waals surface area contributed by atoms with Crippen LogP contribution in [0, 0.1) is 0 Å². The topological polar surface area (TPSA) is 142 Å². The van der Waals surface area contributed by atoms with E-state index in [0.717, 1.165) is 0 Å². The molecule has 0 aromatic carbocycles. The van der Waals surface area contributed by atoms with Crippen LogP contribution in [0.4, 0.5) is 0 Å². The summed E-state index contributed by atoms with van der Waals surface area (Å²) < 4.78 is 4.38. The lowest BCUT2D eigenvalue weighted by molar-refractivity contribution is -0.206. The largest absolute Gasteiger partial charge is 0.455 e. The van der Waals surface area contributed by atoms with E-state index in [-0.39, 0.29) is 6.15 Å². The third-order valence-electron chi connectivity index (χ3n) is 1.74. The summed E-state index contributed by atoms with van der Waals surface area (Å²) in [6, 6.07) is 0. The molecule has 1 aliphatic heterocycles. The van der Waals surface area contributed by atoms with E-state index < -0.39 is 37.0 Å². The van der Waals surface area contributed by atoms with Gasteiger partial charge in [0.15, 0.2) is 12.2 Å². The molecule has 1 saturated heterocycles. The van der Waals surface area contributed by atoms with Crippen molar-refractivity contribution < 1.29 is 30.0 Å². The smallest absolute Gasteiger partial charge is 0.338 e. The fourth-order valence-corrected chi connectivity index (χ4v) is 0.980. The Morgan fingerprint density at radius 2 is 1.77 bits per heavy atom. The molecule has 0 radical (unpaired) electrons. The van der Waals surface area contributed by atoms with Gasteiger partial charge in [0, 0.05) is 0 Å². The fraction of sp³-hybridized carbons (Fsp3) is 0.833. The highest BCUT2D eigenvalue weighted by atomic mass is 16.6. The second-order valence-electron chi connectivity index (χ2n) is 2.58. The fourth-order valence-electron chi connectivity index (χ4n) is 0.980. The number of carbonyl (C=O) groups is 1. The molecule has 0 unspecified atom stereocenters. The van der Waals surface area contributed by atoms with Crippen LogP contribution < -0.4 is 6.15 Å². The average molecular weight is 195 g/mol. The lowest BCUT2D eigenvalue weighted by atomic mass is 10.0. The first-order valence-electron chi connectivity index (χ1n) is 3.43. The van der Waals surface area contributed by atoms with Crippen LogP contribution in [0.15, 0.2) is 0 Å². The molecular formula is C6H13NO6. The van der Waals surface area contributed by atoms with Gasteiger partial charge in [-0.2, -0.15) is 0 Å². The number of hydrogen-bond donors (Lipinski definition) is 5. The van der Waals surface area contributed by atoms with Crippen LogP contribution in [-0.4, -0.2) is 57.4 Å². The predicted molar refractivity (Wildman–Crippen MR) is 40.0 cm³/mol. The second kappa shape index (κ2) is 4.49. The highest BCUT2D eigenvalue weighted by Gasteiger charge is 2.43. The molecule has 1 heterocycles. The maximum Gasteiger partial charge on any atom is 0.338 e. The van der Waals surface area contributed by atoms with Gasteiger partial charge in [0.05, 0.1) is 6.61 Å². The molecule has 0 bridgehead atoms. The number of esters is 1. The summed E-state index contributed by atoms with van der Waals surface area (Å²) in [5, 5.41) is 35.5. The van der Waals surface area contributed by atoms with Crippen LogP contribution in [0.25, 0.3) is 0 Å². The first kappa shape index (κ1) is 12.3. The van der Waals surface area contributed by atoms with Crippen molar-refractivity contribution in [1.82, 2.24) is 6.15 Å². The number of ether oxygens (including phenoxy) is 1. The van der Waals surface area contributed by atoms with Crippen molar-refractivity contribution in [2.45, 2.75) is 24.4 Å². The molecular weight excluding hydrogens is 182 g/mol. The molecule has 1 aliphatic rings. The highest BCUT2D eigenvalue weighted by Crippen LogP contribution is 2.15. The van der Waals surface area contributed by atoms with E-state index in [1.165, 1.54) is 0 Å². The summed E-state index contributed by atoms with van der Waals surface area (Å²) in [6.07, 6.45) is -5.93. The SMILES string of the molecule is N.O=C1O[C@H](CO)[C@@H](O)[C@H](O)[C@H]1O. The molecule has 7 N–H and O–H groups in total. The van der Waals surface area contributed by atoms with Crippen LogP contribution >= 0.6 is 0 Å². The highest BCUT2D eigenvalue weighted by molar-refractivity contribution is 5.76. The normalized spacial score (nSPS) is 39.2. The van der Waals surface area contributed by atoms with Crippen LogP contribution in [0.2, 0.25) is 0 Å². The van der Waals surface area contributed by atoms with Crippen molar-refractivity contribution in [1.29, 1.82) is 0 Å². The maximum atomic E-state index is 10.7. The van der Waals surface area contributed by atoms with Gasteiger partial charge in [-0.15, -0.1) is 0 Å². The van der Waals surface area contributed by atoms with E-state index in [4.69, 9.17) is 20.4 Å². The van der Waals surface area contributed by atoms with Gasteiger partial charge in [-0.1, -0.05) is 0 Å². The number of rotatable bonds is 1. The molecule has 0 aromatic heterocycles. The van der Waals surface area contributed by atoms with E-state index in [2.05, 4.69) is 4.74 Å². The molecule has 78 valence electrons. The van der Waals surface area contributed by atoms with Gasteiger partial charge in [-0.25, -0.2) is 4.79 Å². The monoisotopic (exact) mass is 195 g/mol. The Kier molecular flexibility index (Phi) is 4.24. The first-order valence-corrected chi connectivity index (χ1v) is 3.43. The number of hydrogen-bond acceptors (Lipinski definition) is 7. The third-order valence-corrected chi connectivity index (χ3v) is 1.74. The Morgan fingerprint density at radius 1 is 1.23 bits per heavy atom. The minimum Gasteiger partial charge on any atom is -0.455 e. The van der Waals surface area contributed by atoms with Gasteiger partial charge in [-0.05, 0) is 0 Å². The first-order chi connectivity index (χ1) is 5.57. The molecule has 13 heavy (non-hydrogen) atoms. The molecule has 1 rings (SSSR count). The molecule has 0 saturated carbocycles. The lowest BCUT2D eigenvalue weighted by Gasteiger charge is -2.32. The quantitative estimate of drug-likeness (QED) is 0.283. The number of carbonyl (C=O) groups excluding carboxylic acids is 1. The second-order valence-corrected chi connectivity index (χ2v) is 2.58. The van der Waals surface area contributed by atoms with E-state index in [1.807, 2.05) is 0 Å². The van der Waals surface area contributed by atoms with Gasteiger partial charge in [0.2, 0.25) is 0 Å². The van der Waals surface area contributed by atoms with Crippen molar-refractivity contribution >= 4 is 5.97 Å². The molecule has 0 spiro atoms. The minimum atomic E-state index is -1.73. The van der Waals surface area contributed by atoms with Crippen LogP contribution in [0.1, 0.15) is 0 Å². The number of aliphatic hydroxyl groups is 4. The summed E-state index contributed by atoms with van der Waals surface area (Å²) in [4.78, 5) is 10.7. The van der Waals surface area contributed by atoms with Gasteiger partial charge in [-0.3, -0.25) is 0 Å². The molecule has 0 aromatic rings. The van der Waals surface area contributed by atoms with E-state index >= 15 is 0 Å². The summed E-state index contributed by atoms with van der Waals surface area (Å²) in [7, 11) is 0. The van der Waals surface area contributed by atoms with Crippen molar-refractivity contribution in [2.24, 2.45) is 0 Å². The lowest BCUT2D eigenvalue weighted by Crippen LogP contribution is -2.56. The zero-order valence-corrected chi connectivity index (χ0v) is 6.83. The van der Waals surface area contributed by atoms with Crippen LogP contribution in [0.5, 0.6) is 0 Å². The van der Waals surface area contributed by atoms with Crippen molar-refractivity contribution in [3.63, 3.8) is 0 Å². The van der Waals surface area contributed by atoms with Gasteiger partial charge < -0.3 is 31.3 Å². The molecule has 0 amide bonds. The molecule has 7 heteroatoms. The molecule has 4 atom stereocenters. The average Bonchev–Trinajstić information content (AvgIpc) is 2.08. The zero-order chi connectivity index (χ0) is 9.30. The molecule has 0 aliphatic carbocycles. The Bertz CT molecular complexity index is 184. The van der Waals surface area contributed by atoms with Crippen molar-refractivity contribution in [3.05, 3.63) is 0 Å². The summed E-state index contributed by atoms with van der Waals surface area (Å²) in [6.45, 7) is -0.587. The van der Waals surface area contributed by atoms with Crippen molar-refractivity contribution in [3.8, 4) is 0 Å². The zero-order valence-electron chi connectivity index (χ0n) is 6.83. The van der Waals surface area contributed by atoms with Gasteiger partial charge in [0.25, 0.3) is 0 Å².